The largest absolute Gasteiger partial charge is 0.504 e. The average Bonchev–Trinajstić information content (AvgIpc) is 3.13. The third-order valence-corrected chi connectivity index (χ3v) is 4.01. The number of phenolic OH excluding ortho intramolecular Hbond substituents is 1. The van der Waals surface area contributed by atoms with Gasteiger partial charge in [0.25, 0.3) is 0 Å². The second-order valence-electron chi connectivity index (χ2n) is 6.14. The van der Waals surface area contributed by atoms with Gasteiger partial charge in [0, 0.05) is 17.5 Å². The SMILES string of the molecule is CCOc1ccccc1CC(=O)Cc1coc(-c2ccc(OC(F)F)c(O)c2)n1. The Balaban J connectivity index is 1.67. The predicted molar refractivity (Wildman–Crippen MR) is 100 cm³/mol. The Hall–Kier alpha value is -3.42. The van der Waals surface area contributed by atoms with Gasteiger partial charge in [0.15, 0.2) is 11.5 Å². The third kappa shape index (κ3) is 5.31. The van der Waals surface area contributed by atoms with E-state index in [9.17, 15) is 18.7 Å². The molecule has 3 aromatic rings. The van der Waals surface area contributed by atoms with Gasteiger partial charge in [-0.1, -0.05) is 18.2 Å². The summed E-state index contributed by atoms with van der Waals surface area (Å²) in [6, 6.07) is 11.2. The summed E-state index contributed by atoms with van der Waals surface area (Å²) in [7, 11) is 0. The molecule has 0 fully saturated rings. The number of para-hydroxylation sites is 1. The molecule has 0 aliphatic carbocycles. The molecule has 0 atom stereocenters. The first-order valence-corrected chi connectivity index (χ1v) is 8.91. The molecule has 6 nitrogen and oxygen atoms in total. The highest BCUT2D eigenvalue weighted by atomic mass is 19.3. The topological polar surface area (TPSA) is 81.8 Å². The zero-order chi connectivity index (χ0) is 20.8. The van der Waals surface area contributed by atoms with Crippen molar-refractivity contribution in [1.82, 2.24) is 4.98 Å². The van der Waals surface area contributed by atoms with Crippen LogP contribution < -0.4 is 9.47 Å². The Kier molecular flexibility index (Phi) is 6.43. The Morgan fingerprint density at radius 2 is 1.97 bits per heavy atom. The number of carbonyl (C=O) groups is 1. The van der Waals surface area contributed by atoms with Crippen molar-refractivity contribution in [2.45, 2.75) is 26.4 Å². The summed E-state index contributed by atoms with van der Waals surface area (Å²) in [5.41, 5.74) is 1.58. The van der Waals surface area contributed by atoms with E-state index in [2.05, 4.69) is 9.72 Å². The molecule has 0 radical (unpaired) electrons. The lowest BCUT2D eigenvalue weighted by Crippen LogP contribution is -2.08. The van der Waals surface area contributed by atoms with E-state index in [4.69, 9.17) is 9.15 Å². The number of ketones is 1. The highest BCUT2D eigenvalue weighted by Gasteiger charge is 2.15. The van der Waals surface area contributed by atoms with Gasteiger partial charge in [-0.2, -0.15) is 8.78 Å². The molecule has 0 spiro atoms. The number of benzene rings is 2. The number of aromatic hydroxyl groups is 1. The summed E-state index contributed by atoms with van der Waals surface area (Å²) in [6.07, 6.45) is 1.60. The van der Waals surface area contributed by atoms with Gasteiger partial charge in [0.05, 0.1) is 18.7 Å². The lowest BCUT2D eigenvalue weighted by molar-refractivity contribution is -0.117. The highest BCUT2D eigenvalue weighted by Crippen LogP contribution is 2.32. The number of phenols is 1. The predicted octanol–water partition coefficient (Wildman–Crippen LogP) is 4.40. The van der Waals surface area contributed by atoms with Crippen molar-refractivity contribution in [2.75, 3.05) is 6.61 Å². The molecular weight excluding hydrogens is 384 g/mol. The minimum Gasteiger partial charge on any atom is -0.504 e. The fourth-order valence-electron chi connectivity index (χ4n) is 2.79. The molecule has 0 saturated heterocycles. The van der Waals surface area contributed by atoms with Crippen molar-refractivity contribution in [3.63, 3.8) is 0 Å². The Bertz CT molecular complexity index is 987. The van der Waals surface area contributed by atoms with Gasteiger partial charge in [-0.3, -0.25) is 4.79 Å². The monoisotopic (exact) mass is 403 g/mol. The molecule has 152 valence electrons. The molecule has 0 aliphatic heterocycles. The minimum atomic E-state index is -3.04. The maximum Gasteiger partial charge on any atom is 0.387 e. The van der Waals surface area contributed by atoms with Crippen molar-refractivity contribution >= 4 is 5.78 Å². The van der Waals surface area contributed by atoms with Crippen LogP contribution in [0, 0.1) is 0 Å². The van der Waals surface area contributed by atoms with Crippen LogP contribution in [0.5, 0.6) is 17.2 Å². The van der Waals surface area contributed by atoms with Gasteiger partial charge < -0.3 is 19.0 Å². The number of hydrogen-bond donors (Lipinski definition) is 1. The van der Waals surface area contributed by atoms with Crippen LogP contribution in [0.3, 0.4) is 0 Å². The van der Waals surface area contributed by atoms with Gasteiger partial charge in [0.1, 0.15) is 17.8 Å². The van der Waals surface area contributed by atoms with E-state index in [0.29, 0.717) is 23.6 Å². The summed E-state index contributed by atoms with van der Waals surface area (Å²) in [4.78, 5) is 16.7. The summed E-state index contributed by atoms with van der Waals surface area (Å²) >= 11 is 0. The van der Waals surface area contributed by atoms with Gasteiger partial charge in [-0.05, 0) is 31.2 Å². The van der Waals surface area contributed by atoms with Gasteiger partial charge >= 0.3 is 6.61 Å². The minimum absolute atomic E-state index is 0.0581. The summed E-state index contributed by atoms with van der Waals surface area (Å²) in [5.74, 6) is -0.0578. The molecule has 0 bridgehead atoms. The number of hydrogen-bond acceptors (Lipinski definition) is 6. The smallest absolute Gasteiger partial charge is 0.387 e. The van der Waals surface area contributed by atoms with Crippen molar-refractivity contribution in [1.29, 1.82) is 0 Å². The van der Waals surface area contributed by atoms with Crippen LogP contribution in [0.1, 0.15) is 18.2 Å². The van der Waals surface area contributed by atoms with E-state index < -0.39 is 12.4 Å². The maximum atomic E-state index is 12.4. The second kappa shape index (κ2) is 9.18. The first kappa shape index (κ1) is 20.3. The van der Waals surface area contributed by atoms with E-state index in [-0.39, 0.29) is 30.3 Å². The van der Waals surface area contributed by atoms with Gasteiger partial charge in [-0.15, -0.1) is 0 Å². The molecular formula is C21H19F2NO5. The van der Waals surface area contributed by atoms with Crippen LogP contribution in [-0.2, 0) is 17.6 Å². The zero-order valence-corrected chi connectivity index (χ0v) is 15.6. The van der Waals surface area contributed by atoms with Gasteiger partial charge in [0.2, 0.25) is 5.89 Å². The lowest BCUT2D eigenvalue weighted by atomic mass is 10.1. The van der Waals surface area contributed by atoms with Crippen LogP contribution in [0.15, 0.2) is 53.1 Å². The molecule has 29 heavy (non-hydrogen) atoms. The van der Waals surface area contributed by atoms with Crippen LogP contribution >= 0.6 is 0 Å². The fraction of sp³-hybridized carbons (Fsp3) is 0.238. The van der Waals surface area contributed by atoms with Crippen molar-refractivity contribution < 1.29 is 32.6 Å². The summed E-state index contributed by atoms with van der Waals surface area (Å²) in [5, 5.41) is 9.79. The number of alkyl halides is 2. The molecule has 2 aromatic carbocycles. The molecule has 1 N–H and O–H groups in total. The van der Waals surface area contributed by atoms with Crippen LogP contribution in [0.4, 0.5) is 8.78 Å². The molecule has 0 saturated carbocycles. The summed E-state index contributed by atoms with van der Waals surface area (Å²) in [6.45, 7) is -0.662. The second-order valence-corrected chi connectivity index (χ2v) is 6.14. The van der Waals surface area contributed by atoms with E-state index in [1.165, 1.54) is 24.5 Å². The number of halogens is 2. The molecule has 0 amide bonds. The van der Waals surface area contributed by atoms with Crippen molar-refractivity contribution in [3.8, 4) is 28.7 Å². The van der Waals surface area contributed by atoms with E-state index in [1.54, 1.807) is 0 Å². The number of rotatable bonds is 9. The number of aromatic nitrogens is 1. The molecule has 1 aromatic heterocycles. The Morgan fingerprint density at radius 1 is 1.17 bits per heavy atom. The average molecular weight is 403 g/mol. The standard InChI is InChI=1S/C21H19F2NO5/c1-2-27-18-6-4-3-5-13(18)9-16(25)11-15-12-28-20(24-15)14-7-8-19(17(26)10-14)29-21(22)23/h3-8,10,12,21,26H,2,9,11H2,1H3. The van der Waals surface area contributed by atoms with Crippen molar-refractivity contribution in [2.24, 2.45) is 0 Å². The lowest BCUT2D eigenvalue weighted by Gasteiger charge is -2.08. The number of nitrogens with zero attached hydrogens (tertiary/aromatic N) is 1. The Morgan fingerprint density at radius 3 is 2.69 bits per heavy atom. The quantitative estimate of drug-likeness (QED) is 0.570. The van der Waals surface area contributed by atoms with E-state index in [1.807, 2.05) is 31.2 Å². The molecule has 0 unspecified atom stereocenters. The normalized spacial score (nSPS) is 10.9. The highest BCUT2D eigenvalue weighted by molar-refractivity contribution is 5.83. The first-order chi connectivity index (χ1) is 14.0. The molecule has 1 heterocycles. The molecule has 0 aliphatic rings. The number of ether oxygens (including phenoxy) is 2. The van der Waals surface area contributed by atoms with Crippen molar-refractivity contribution in [3.05, 3.63) is 60.0 Å². The zero-order valence-electron chi connectivity index (χ0n) is 15.6. The van der Waals surface area contributed by atoms with E-state index in [0.717, 1.165) is 5.56 Å². The third-order valence-electron chi connectivity index (χ3n) is 4.01. The van der Waals surface area contributed by atoms with Crippen LogP contribution in [-0.4, -0.2) is 29.1 Å². The van der Waals surface area contributed by atoms with Crippen LogP contribution in [0.2, 0.25) is 0 Å². The van der Waals surface area contributed by atoms with Gasteiger partial charge in [-0.25, -0.2) is 4.98 Å². The van der Waals surface area contributed by atoms with Crippen LogP contribution in [0.25, 0.3) is 11.5 Å². The summed E-state index contributed by atoms with van der Waals surface area (Å²) < 4.78 is 39.6. The maximum absolute atomic E-state index is 12.4. The number of oxazole rings is 1. The fourth-order valence-corrected chi connectivity index (χ4v) is 2.79. The van der Waals surface area contributed by atoms with E-state index >= 15 is 0 Å². The number of Topliss-reactive ketones (excluding diaryl/α,β-unsaturated/α-hetero) is 1. The Labute approximate surface area is 165 Å². The molecule has 8 heteroatoms. The number of carbonyl (C=O) groups excluding carboxylic acids is 1. The molecule has 3 rings (SSSR count). The first-order valence-electron chi connectivity index (χ1n) is 8.91.